The van der Waals surface area contributed by atoms with Crippen molar-refractivity contribution in [1.82, 2.24) is 24.1 Å². The second-order valence-corrected chi connectivity index (χ2v) is 7.64. The molecule has 8 nitrogen and oxygen atoms in total. The van der Waals surface area contributed by atoms with Crippen LogP contribution in [0.2, 0.25) is 0 Å². The minimum atomic E-state index is -0.546. The summed E-state index contributed by atoms with van der Waals surface area (Å²) in [7, 11) is 0. The maximum Gasteiger partial charge on any atom is 0.278 e. The van der Waals surface area contributed by atoms with Gasteiger partial charge in [-0.05, 0) is 38.0 Å². The van der Waals surface area contributed by atoms with Crippen molar-refractivity contribution in [2.45, 2.75) is 38.1 Å². The largest absolute Gasteiger partial charge is 0.394 e. The van der Waals surface area contributed by atoms with Crippen molar-refractivity contribution in [2.75, 3.05) is 6.61 Å². The second-order valence-electron chi connectivity index (χ2n) is 7.64. The summed E-state index contributed by atoms with van der Waals surface area (Å²) < 4.78 is 22.2. The van der Waals surface area contributed by atoms with Gasteiger partial charge < -0.3 is 9.63 Å². The number of aliphatic hydroxyl groups is 1. The lowest BCUT2D eigenvalue weighted by Crippen LogP contribution is -2.27. The molecule has 1 aliphatic rings. The van der Waals surface area contributed by atoms with Crippen LogP contribution in [-0.4, -0.2) is 35.8 Å². The first kappa shape index (κ1) is 17.1. The van der Waals surface area contributed by atoms with E-state index < -0.39 is 17.4 Å². The van der Waals surface area contributed by atoms with Gasteiger partial charge in [0.25, 0.3) is 5.56 Å². The highest BCUT2D eigenvalue weighted by Crippen LogP contribution is 2.47. The molecule has 5 rings (SSSR count). The average Bonchev–Trinajstić information content (AvgIpc) is 3.11. The predicted molar refractivity (Wildman–Crippen MR) is 98.6 cm³/mol. The molecule has 0 aliphatic heterocycles. The molecule has 0 bridgehead atoms. The first-order chi connectivity index (χ1) is 13.4. The molecule has 28 heavy (non-hydrogen) atoms. The fourth-order valence-corrected chi connectivity index (χ4v) is 3.50. The highest BCUT2D eigenvalue weighted by atomic mass is 19.1. The monoisotopic (exact) mass is 383 g/mol. The van der Waals surface area contributed by atoms with Crippen LogP contribution in [0.3, 0.4) is 0 Å². The van der Waals surface area contributed by atoms with Crippen molar-refractivity contribution in [3.8, 4) is 11.5 Å². The van der Waals surface area contributed by atoms with Gasteiger partial charge in [0.15, 0.2) is 0 Å². The molecule has 0 radical (unpaired) electrons. The molecule has 0 spiro atoms. The van der Waals surface area contributed by atoms with E-state index in [4.69, 9.17) is 4.52 Å². The van der Waals surface area contributed by atoms with Crippen molar-refractivity contribution >= 4 is 16.6 Å². The minimum absolute atomic E-state index is 0.101. The Kier molecular flexibility index (Phi) is 3.48. The van der Waals surface area contributed by atoms with E-state index in [9.17, 15) is 14.3 Å². The van der Waals surface area contributed by atoms with Gasteiger partial charge in [0.1, 0.15) is 23.4 Å². The zero-order chi connectivity index (χ0) is 19.6. The molecule has 4 aromatic rings. The van der Waals surface area contributed by atoms with Crippen LogP contribution < -0.4 is 5.56 Å². The summed E-state index contributed by atoms with van der Waals surface area (Å²) in [5.41, 5.74) is 1.02. The highest BCUT2D eigenvalue weighted by molar-refractivity contribution is 5.83. The molecule has 1 aliphatic carbocycles. The van der Waals surface area contributed by atoms with Crippen LogP contribution in [0, 0.1) is 5.82 Å². The van der Waals surface area contributed by atoms with E-state index >= 15 is 0 Å². The highest BCUT2D eigenvalue weighted by Gasteiger charge is 2.44. The first-order valence-electron chi connectivity index (χ1n) is 9.09. The van der Waals surface area contributed by atoms with E-state index in [1.807, 2.05) is 6.92 Å². The van der Waals surface area contributed by atoms with E-state index in [1.165, 1.54) is 23.0 Å². The van der Waals surface area contributed by atoms with Gasteiger partial charge >= 0.3 is 0 Å². The van der Waals surface area contributed by atoms with Crippen LogP contribution >= 0.6 is 0 Å². The zero-order valence-corrected chi connectivity index (χ0v) is 15.4. The summed E-state index contributed by atoms with van der Waals surface area (Å²) in [6.45, 7) is 3.47. The molecule has 9 heteroatoms. The van der Waals surface area contributed by atoms with Gasteiger partial charge in [-0.1, -0.05) is 12.1 Å². The maximum atomic E-state index is 13.9. The smallest absolute Gasteiger partial charge is 0.278 e. The van der Waals surface area contributed by atoms with Gasteiger partial charge in [0, 0.05) is 5.41 Å². The summed E-state index contributed by atoms with van der Waals surface area (Å²) >= 11 is 0. The van der Waals surface area contributed by atoms with Gasteiger partial charge in [0.2, 0.25) is 11.7 Å². The van der Waals surface area contributed by atoms with Gasteiger partial charge in [-0.2, -0.15) is 4.98 Å². The lowest BCUT2D eigenvalue weighted by molar-refractivity contribution is 0.239. The molecule has 3 heterocycles. The Morgan fingerprint density at radius 2 is 2.14 bits per heavy atom. The maximum absolute atomic E-state index is 13.9. The third-order valence-electron chi connectivity index (χ3n) is 5.50. The van der Waals surface area contributed by atoms with Crippen molar-refractivity contribution in [1.29, 1.82) is 0 Å². The second kappa shape index (κ2) is 5.71. The Morgan fingerprint density at radius 1 is 1.36 bits per heavy atom. The lowest BCUT2D eigenvalue weighted by Gasteiger charge is -2.17. The number of aliphatic hydroxyl groups excluding tert-OH is 1. The SMILES string of the molecule is CC(CO)n1c(=O)c2c(-c3noc(C4(C)CC4)n3)ncn2c2ccc(F)cc21. The molecule has 0 saturated heterocycles. The Balaban J connectivity index is 1.83. The van der Waals surface area contributed by atoms with Crippen LogP contribution in [0.5, 0.6) is 0 Å². The summed E-state index contributed by atoms with van der Waals surface area (Å²) in [6, 6.07) is 3.63. The number of nitrogens with zero attached hydrogens (tertiary/aromatic N) is 5. The predicted octanol–water partition coefficient (Wildman–Crippen LogP) is 2.44. The number of halogens is 1. The van der Waals surface area contributed by atoms with Crippen LogP contribution in [0.15, 0.2) is 33.8 Å². The Hall–Kier alpha value is -3.07. The lowest BCUT2D eigenvalue weighted by atomic mass is 10.1. The zero-order valence-electron chi connectivity index (χ0n) is 15.4. The van der Waals surface area contributed by atoms with Crippen molar-refractivity contribution in [3.05, 3.63) is 46.6 Å². The molecular weight excluding hydrogens is 365 g/mol. The Labute approximate surface area is 158 Å². The topological polar surface area (TPSA) is 98.5 Å². The normalized spacial score (nSPS) is 16.7. The standard InChI is InChI=1S/C19H18FN5O3/c1-10(8-26)25-13-7-11(20)3-4-12(13)24-9-21-14(15(24)17(25)27)16-22-18(28-23-16)19(2)5-6-19/h3-4,7,9-10,26H,5-6,8H2,1-2H3. The fourth-order valence-electron chi connectivity index (χ4n) is 3.50. The number of hydrogen-bond acceptors (Lipinski definition) is 6. The molecule has 0 amide bonds. The van der Waals surface area contributed by atoms with E-state index in [-0.39, 0.29) is 23.4 Å². The number of rotatable bonds is 4. The summed E-state index contributed by atoms with van der Waals surface area (Å²) in [5.74, 6) is 0.314. The molecule has 1 atom stereocenters. The van der Waals surface area contributed by atoms with Gasteiger partial charge in [-0.3, -0.25) is 13.8 Å². The quantitative estimate of drug-likeness (QED) is 0.581. The third-order valence-corrected chi connectivity index (χ3v) is 5.50. The number of hydrogen-bond donors (Lipinski definition) is 1. The number of benzene rings is 1. The summed E-state index contributed by atoms with van der Waals surface area (Å²) in [6.07, 6.45) is 3.46. The van der Waals surface area contributed by atoms with Crippen molar-refractivity contribution < 1.29 is 14.0 Å². The molecule has 1 saturated carbocycles. The molecule has 1 unspecified atom stereocenters. The van der Waals surface area contributed by atoms with E-state index in [0.717, 1.165) is 12.8 Å². The van der Waals surface area contributed by atoms with Crippen LogP contribution in [0.25, 0.3) is 28.1 Å². The molecule has 144 valence electrons. The van der Waals surface area contributed by atoms with Crippen LogP contribution in [0.1, 0.15) is 38.6 Å². The van der Waals surface area contributed by atoms with Gasteiger partial charge in [0.05, 0.1) is 23.7 Å². The van der Waals surface area contributed by atoms with Gasteiger partial charge in [-0.25, -0.2) is 9.37 Å². The Bertz CT molecular complexity index is 1280. The fraction of sp³-hybridized carbons (Fsp3) is 0.368. The number of aromatic nitrogens is 5. The third kappa shape index (κ3) is 2.32. The van der Waals surface area contributed by atoms with E-state index in [1.54, 1.807) is 17.4 Å². The molecule has 3 aromatic heterocycles. The number of fused-ring (bicyclic) bond motifs is 3. The molecule has 1 fully saturated rings. The molecule has 1 N–H and O–H groups in total. The molecular formula is C19H18FN5O3. The summed E-state index contributed by atoms with van der Waals surface area (Å²) in [4.78, 5) is 22.1. The average molecular weight is 383 g/mol. The Morgan fingerprint density at radius 3 is 2.86 bits per heavy atom. The van der Waals surface area contributed by atoms with Crippen LogP contribution in [-0.2, 0) is 5.41 Å². The van der Waals surface area contributed by atoms with Crippen LogP contribution in [0.4, 0.5) is 4.39 Å². The van der Waals surface area contributed by atoms with Gasteiger partial charge in [-0.15, -0.1) is 0 Å². The number of imidazole rings is 1. The van der Waals surface area contributed by atoms with Crippen molar-refractivity contribution in [2.24, 2.45) is 0 Å². The first-order valence-corrected chi connectivity index (χ1v) is 9.09. The van der Waals surface area contributed by atoms with E-state index in [0.29, 0.717) is 22.6 Å². The van der Waals surface area contributed by atoms with E-state index in [2.05, 4.69) is 15.1 Å². The molecule has 1 aromatic carbocycles. The summed E-state index contributed by atoms with van der Waals surface area (Å²) in [5, 5.41) is 13.7. The van der Waals surface area contributed by atoms with Crippen molar-refractivity contribution in [3.63, 3.8) is 0 Å². The minimum Gasteiger partial charge on any atom is -0.394 e.